The maximum absolute atomic E-state index is 8.38. The van der Waals surface area contributed by atoms with E-state index in [2.05, 4.69) is 9.05 Å². The van der Waals surface area contributed by atoms with E-state index in [9.17, 15) is 0 Å². The van der Waals surface area contributed by atoms with Crippen LogP contribution in [0.15, 0.2) is 0 Å². The van der Waals surface area contributed by atoms with Crippen LogP contribution in [0.1, 0.15) is 0 Å². The summed E-state index contributed by atoms with van der Waals surface area (Å²) < 4.78 is 8.99. The fraction of sp³-hybridized carbons (Fsp3) is 1.00. The van der Waals surface area contributed by atoms with Gasteiger partial charge in [0.25, 0.3) is 15.5 Å². The van der Waals surface area contributed by atoms with Crippen LogP contribution in [0.5, 0.6) is 0 Å². The lowest BCUT2D eigenvalue weighted by atomic mass is 10.8. The van der Waals surface area contributed by atoms with Gasteiger partial charge in [0.15, 0.2) is 0 Å². The van der Waals surface area contributed by atoms with E-state index in [-0.39, 0.29) is 13.2 Å². The van der Waals surface area contributed by atoms with Crippen molar-refractivity contribution in [1.29, 1.82) is 0 Å². The molecule has 2 unspecified atom stereocenters. The monoisotopic (exact) mass is 226 g/mol. The van der Waals surface area contributed by atoms with Crippen LogP contribution in [0.2, 0.25) is 0 Å². The van der Waals surface area contributed by atoms with Crippen LogP contribution in [0, 0.1) is 0 Å². The van der Waals surface area contributed by atoms with Crippen LogP contribution in [-0.4, -0.2) is 23.0 Å². The minimum Gasteiger partial charge on any atom is -0.338 e. The van der Waals surface area contributed by atoms with E-state index < -0.39 is 15.5 Å². The van der Waals surface area contributed by atoms with Crippen LogP contribution >= 0.6 is 37.9 Å². The SMILES string of the molecule is OP(Cl)OCCOP(O)Cl. The second kappa shape index (κ2) is 6.96. The van der Waals surface area contributed by atoms with Gasteiger partial charge in [-0.3, -0.25) is 0 Å². The molecule has 0 aliphatic rings. The number of hydrogen-bond acceptors (Lipinski definition) is 4. The normalized spacial score (nSPS) is 16.8. The maximum Gasteiger partial charge on any atom is 0.274 e. The first-order valence-corrected chi connectivity index (χ1v) is 6.42. The molecule has 62 valence electrons. The molecule has 0 fully saturated rings. The molecule has 0 aliphatic heterocycles. The molecule has 0 aromatic rings. The summed E-state index contributed by atoms with van der Waals surface area (Å²) in [4.78, 5) is 16.8. The van der Waals surface area contributed by atoms with Crippen LogP contribution in [0.4, 0.5) is 0 Å². The van der Waals surface area contributed by atoms with Gasteiger partial charge in [-0.25, -0.2) is 0 Å². The van der Waals surface area contributed by atoms with Gasteiger partial charge in [-0.05, 0) is 22.5 Å². The van der Waals surface area contributed by atoms with Crippen molar-refractivity contribution >= 4 is 37.9 Å². The number of hydrogen-bond donors (Lipinski definition) is 2. The molecule has 0 rings (SSSR count). The van der Waals surface area contributed by atoms with Crippen molar-refractivity contribution in [2.45, 2.75) is 0 Å². The Balaban J connectivity index is 2.91. The lowest BCUT2D eigenvalue weighted by Gasteiger charge is -2.03. The summed E-state index contributed by atoms with van der Waals surface area (Å²) in [5.74, 6) is 0. The van der Waals surface area contributed by atoms with Gasteiger partial charge in [0.1, 0.15) is 0 Å². The molecule has 0 saturated carbocycles. The molecule has 0 amide bonds. The number of rotatable bonds is 5. The fourth-order valence-corrected chi connectivity index (χ4v) is 1.09. The van der Waals surface area contributed by atoms with Gasteiger partial charge in [-0.1, -0.05) is 0 Å². The molecule has 2 N–H and O–H groups in total. The van der Waals surface area contributed by atoms with Gasteiger partial charge in [0, 0.05) is 0 Å². The number of halogens is 2. The Kier molecular flexibility index (Phi) is 7.85. The lowest BCUT2D eigenvalue weighted by molar-refractivity contribution is 0.225. The van der Waals surface area contributed by atoms with Crippen molar-refractivity contribution in [2.24, 2.45) is 0 Å². The lowest BCUT2D eigenvalue weighted by Crippen LogP contribution is -1.95. The van der Waals surface area contributed by atoms with Crippen molar-refractivity contribution in [3.05, 3.63) is 0 Å². The molecule has 0 aromatic carbocycles. The molecule has 0 aliphatic carbocycles. The zero-order chi connectivity index (χ0) is 7.98. The third kappa shape index (κ3) is 9.28. The highest BCUT2D eigenvalue weighted by atomic mass is 35.7. The van der Waals surface area contributed by atoms with Crippen LogP contribution < -0.4 is 0 Å². The minimum atomic E-state index is -1.86. The molecule has 0 bridgehead atoms. The Morgan fingerprint density at radius 2 is 1.30 bits per heavy atom. The summed E-state index contributed by atoms with van der Waals surface area (Å²) >= 11 is 10.1. The zero-order valence-electron chi connectivity index (χ0n) is 4.78. The highest BCUT2D eigenvalue weighted by molar-refractivity contribution is 7.75. The van der Waals surface area contributed by atoms with E-state index in [4.69, 9.17) is 32.3 Å². The molecule has 0 radical (unpaired) electrons. The van der Waals surface area contributed by atoms with Gasteiger partial charge < -0.3 is 18.8 Å². The molecule has 2 atom stereocenters. The van der Waals surface area contributed by atoms with E-state index in [0.29, 0.717) is 0 Å². The summed E-state index contributed by atoms with van der Waals surface area (Å²) in [5.41, 5.74) is 0. The second-order valence-corrected chi connectivity index (χ2v) is 4.28. The first-order valence-electron chi connectivity index (χ1n) is 2.18. The van der Waals surface area contributed by atoms with Crippen molar-refractivity contribution < 1.29 is 18.8 Å². The molecule has 4 nitrogen and oxygen atoms in total. The first-order chi connectivity index (χ1) is 4.63. The molecule has 0 aromatic heterocycles. The molecular weight excluding hydrogens is 221 g/mol. The van der Waals surface area contributed by atoms with E-state index in [1.807, 2.05) is 0 Å². The predicted octanol–water partition coefficient (Wildman–Crippen LogP) is 1.94. The van der Waals surface area contributed by atoms with Gasteiger partial charge in [0.05, 0.1) is 13.2 Å². The standard InChI is InChI=1S/C2H6Cl2O4P2/c3-9(5)7-1-2-8-10(4)6/h5-6H,1-2H2. The Morgan fingerprint density at radius 3 is 1.50 bits per heavy atom. The van der Waals surface area contributed by atoms with Crippen molar-refractivity contribution in [2.75, 3.05) is 13.2 Å². The molecule has 0 saturated heterocycles. The first kappa shape index (κ1) is 11.3. The molecule has 0 heterocycles. The summed E-state index contributed by atoms with van der Waals surface area (Å²) in [6.07, 6.45) is 0. The van der Waals surface area contributed by atoms with Crippen LogP contribution in [-0.2, 0) is 9.05 Å². The van der Waals surface area contributed by atoms with Gasteiger partial charge in [-0.2, -0.15) is 0 Å². The van der Waals surface area contributed by atoms with Gasteiger partial charge in [-0.15, -0.1) is 0 Å². The average molecular weight is 227 g/mol. The highest BCUT2D eigenvalue weighted by Crippen LogP contribution is 2.38. The van der Waals surface area contributed by atoms with Gasteiger partial charge >= 0.3 is 0 Å². The van der Waals surface area contributed by atoms with E-state index >= 15 is 0 Å². The Morgan fingerprint density at radius 1 is 1.00 bits per heavy atom. The minimum absolute atomic E-state index is 0.123. The molecule has 10 heavy (non-hydrogen) atoms. The Labute approximate surface area is 70.5 Å². The van der Waals surface area contributed by atoms with Crippen LogP contribution in [0.25, 0.3) is 0 Å². The Bertz CT molecular complexity index is 71.7. The fourth-order valence-electron chi connectivity index (χ4n) is 0.225. The Hall–Kier alpha value is 1.28. The smallest absolute Gasteiger partial charge is 0.274 e. The van der Waals surface area contributed by atoms with E-state index in [1.54, 1.807) is 0 Å². The van der Waals surface area contributed by atoms with E-state index in [1.165, 1.54) is 0 Å². The second-order valence-electron chi connectivity index (χ2n) is 1.12. The molecule has 0 spiro atoms. The third-order valence-corrected chi connectivity index (χ3v) is 1.86. The maximum atomic E-state index is 8.38. The van der Waals surface area contributed by atoms with E-state index in [0.717, 1.165) is 0 Å². The quantitative estimate of drug-likeness (QED) is 0.556. The van der Waals surface area contributed by atoms with Crippen molar-refractivity contribution in [3.63, 3.8) is 0 Å². The summed E-state index contributed by atoms with van der Waals surface area (Å²) in [6, 6.07) is 0. The highest BCUT2D eigenvalue weighted by Gasteiger charge is 2.01. The predicted molar refractivity (Wildman–Crippen MR) is 41.9 cm³/mol. The average Bonchev–Trinajstić information content (AvgIpc) is 1.79. The molecular formula is C2H6Cl2O4P2. The van der Waals surface area contributed by atoms with Crippen molar-refractivity contribution in [3.8, 4) is 0 Å². The summed E-state index contributed by atoms with van der Waals surface area (Å²) in [5, 5.41) is 0. The topological polar surface area (TPSA) is 58.9 Å². The zero-order valence-corrected chi connectivity index (χ0v) is 8.08. The van der Waals surface area contributed by atoms with Crippen molar-refractivity contribution in [1.82, 2.24) is 0 Å². The van der Waals surface area contributed by atoms with Crippen LogP contribution in [0.3, 0.4) is 0 Å². The third-order valence-electron chi connectivity index (χ3n) is 0.479. The molecule has 8 heteroatoms. The summed E-state index contributed by atoms with van der Waals surface area (Å²) in [6.45, 7) is 0.246. The van der Waals surface area contributed by atoms with Gasteiger partial charge in [0.2, 0.25) is 0 Å². The largest absolute Gasteiger partial charge is 0.338 e. The summed E-state index contributed by atoms with van der Waals surface area (Å²) in [7, 11) is -3.71.